The average Bonchev–Trinajstić information content (AvgIpc) is 2.14. The quantitative estimate of drug-likeness (QED) is 0.668. The summed E-state index contributed by atoms with van der Waals surface area (Å²) in [6.45, 7) is 1.04. The van der Waals surface area contributed by atoms with Gasteiger partial charge >= 0.3 is 0 Å². The topological polar surface area (TPSA) is 12.0 Å². The monoisotopic (exact) mass is 161 g/mol. The molecule has 0 unspecified atom stereocenters. The highest BCUT2D eigenvalue weighted by molar-refractivity contribution is 5.48. The van der Waals surface area contributed by atoms with Crippen LogP contribution >= 0.6 is 0 Å². The van der Waals surface area contributed by atoms with Crippen molar-refractivity contribution in [3.05, 3.63) is 42.0 Å². The molecule has 0 spiro atoms. The molecule has 1 aromatic rings. The molecule has 0 aliphatic carbocycles. The summed E-state index contributed by atoms with van der Waals surface area (Å²) in [5.41, 5.74) is 1.27. The van der Waals surface area contributed by atoms with Gasteiger partial charge in [-0.2, -0.15) is 0 Å². The van der Waals surface area contributed by atoms with E-state index in [-0.39, 0.29) is 0 Å². The molecule has 1 heteroatoms. The van der Waals surface area contributed by atoms with Crippen LogP contribution in [0.5, 0.6) is 0 Å². The second-order valence-electron chi connectivity index (χ2n) is 2.71. The molecule has 0 bridgehead atoms. The van der Waals surface area contributed by atoms with Crippen LogP contribution in [0.15, 0.2) is 36.4 Å². The Hall–Kier alpha value is -1.08. The predicted molar refractivity (Wildman–Crippen MR) is 54.0 cm³/mol. The summed E-state index contributed by atoms with van der Waals surface area (Å²) < 4.78 is 0. The first-order valence-electron chi connectivity index (χ1n) is 4.29. The first-order chi connectivity index (χ1) is 5.93. The summed E-state index contributed by atoms with van der Waals surface area (Å²) >= 11 is 0. The highest BCUT2D eigenvalue weighted by atomic mass is 14.8. The fourth-order valence-electron chi connectivity index (χ4n) is 1.01. The van der Waals surface area contributed by atoms with Crippen LogP contribution in [0.2, 0.25) is 0 Å². The molecule has 0 fully saturated rings. The summed E-state index contributed by atoms with van der Waals surface area (Å²) in [6, 6.07) is 10.4. The Balaban J connectivity index is 2.36. The van der Waals surface area contributed by atoms with Crippen molar-refractivity contribution in [3.63, 3.8) is 0 Å². The number of nitrogens with one attached hydrogen (secondary N) is 1. The van der Waals surface area contributed by atoms with Crippen LogP contribution in [0.1, 0.15) is 12.0 Å². The zero-order chi connectivity index (χ0) is 8.65. The lowest BCUT2D eigenvalue weighted by Crippen LogP contribution is -2.05. The zero-order valence-electron chi connectivity index (χ0n) is 7.46. The van der Waals surface area contributed by atoms with Crippen LogP contribution in [0.4, 0.5) is 0 Å². The van der Waals surface area contributed by atoms with Crippen LogP contribution in [0, 0.1) is 0 Å². The molecule has 0 atom stereocenters. The number of benzene rings is 1. The fraction of sp³-hybridized carbons (Fsp3) is 0.273. The van der Waals surface area contributed by atoms with E-state index in [1.807, 2.05) is 13.1 Å². The van der Waals surface area contributed by atoms with Gasteiger partial charge in [0, 0.05) is 0 Å². The van der Waals surface area contributed by atoms with Crippen LogP contribution in [0.3, 0.4) is 0 Å². The van der Waals surface area contributed by atoms with Gasteiger partial charge in [-0.3, -0.25) is 0 Å². The first-order valence-corrected chi connectivity index (χ1v) is 4.29. The van der Waals surface area contributed by atoms with Gasteiger partial charge in [0.2, 0.25) is 0 Å². The molecule has 0 aromatic heterocycles. The first kappa shape index (κ1) is 9.01. The van der Waals surface area contributed by atoms with Crippen molar-refractivity contribution >= 4 is 6.08 Å². The van der Waals surface area contributed by atoms with Crippen LogP contribution in [-0.4, -0.2) is 13.6 Å². The van der Waals surface area contributed by atoms with E-state index < -0.39 is 0 Å². The Morgan fingerprint density at radius 1 is 1.25 bits per heavy atom. The molecule has 0 aliphatic heterocycles. The third-order valence-electron chi connectivity index (χ3n) is 1.67. The molecular formula is C11H15N. The lowest BCUT2D eigenvalue weighted by Gasteiger charge is -1.92. The Bertz CT molecular complexity index is 226. The summed E-state index contributed by atoms with van der Waals surface area (Å²) in [5.74, 6) is 0. The molecule has 1 rings (SSSR count). The van der Waals surface area contributed by atoms with Gasteiger partial charge in [0.15, 0.2) is 0 Å². The molecule has 12 heavy (non-hydrogen) atoms. The number of hydrogen-bond donors (Lipinski definition) is 1. The smallest absolute Gasteiger partial charge is 0.00172 e. The van der Waals surface area contributed by atoms with Gasteiger partial charge in [-0.05, 0) is 25.6 Å². The van der Waals surface area contributed by atoms with E-state index >= 15 is 0 Å². The standard InChI is InChI=1S/C11H15N/c1-12-10-6-5-9-11-7-3-2-4-8-11/h2-5,7-9,12H,6,10H2,1H3/b9-5-. The maximum atomic E-state index is 3.10. The van der Waals surface area contributed by atoms with Crippen LogP contribution in [-0.2, 0) is 0 Å². The number of rotatable bonds is 4. The normalized spacial score (nSPS) is 10.8. The minimum atomic E-state index is 1.04. The van der Waals surface area contributed by atoms with Gasteiger partial charge in [-0.15, -0.1) is 0 Å². The van der Waals surface area contributed by atoms with Gasteiger partial charge in [0.05, 0.1) is 0 Å². The van der Waals surface area contributed by atoms with Crippen LogP contribution < -0.4 is 5.32 Å². The van der Waals surface area contributed by atoms with Crippen LogP contribution in [0.25, 0.3) is 6.08 Å². The second kappa shape index (κ2) is 5.56. The van der Waals surface area contributed by atoms with Gasteiger partial charge < -0.3 is 5.32 Å². The minimum Gasteiger partial charge on any atom is -0.319 e. The summed E-state index contributed by atoms with van der Waals surface area (Å²) in [4.78, 5) is 0. The van der Waals surface area contributed by atoms with Crippen molar-refractivity contribution in [2.45, 2.75) is 6.42 Å². The van der Waals surface area contributed by atoms with E-state index in [4.69, 9.17) is 0 Å². The van der Waals surface area contributed by atoms with E-state index in [9.17, 15) is 0 Å². The fourth-order valence-corrected chi connectivity index (χ4v) is 1.01. The highest BCUT2D eigenvalue weighted by Crippen LogP contribution is 2.00. The lowest BCUT2D eigenvalue weighted by atomic mass is 10.2. The molecule has 0 amide bonds. The molecule has 1 aromatic carbocycles. The molecule has 0 saturated carbocycles. The maximum absolute atomic E-state index is 3.10. The molecule has 64 valence electrons. The number of hydrogen-bond acceptors (Lipinski definition) is 1. The highest BCUT2D eigenvalue weighted by Gasteiger charge is 1.81. The van der Waals surface area contributed by atoms with Crippen molar-refractivity contribution in [2.75, 3.05) is 13.6 Å². The van der Waals surface area contributed by atoms with E-state index in [1.54, 1.807) is 0 Å². The largest absolute Gasteiger partial charge is 0.319 e. The Kier molecular flexibility index (Phi) is 4.17. The summed E-state index contributed by atoms with van der Waals surface area (Å²) in [7, 11) is 1.97. The van der Waals surface area contributed by atoms with Crippen molar-refractivity contribution in [1.29, 1.82) is 0 Å². The van der Waals surface area contributed by atoms with E-state index in [2.05, 4.69) is 41.7 Å². The van der Waals surface area contributed by atoms with E-state index in [0.29, 0.717) is 0 Å². The van der Waals surface area contributed by atoms with Gasteiger partial charge in [-0.25, -0.2) is 0 Å². The predicted octanol–water partition coefficient (Wildman–Crippen LogP) is 2.31. The summed E-state index contributed by atoms with van der Waals surface area (Å²) in [6.07, 6.45) is 5.43. The van der Waals surface area contributed by atoms with E-state index in [0.717, 1.165) is 13.0 Å². The Labute approximate surface area is 74.1 Å². The van der Waals surface area contributed by atoms with Crippen molar-refractivity contribution in [1.82, 2.24) is 5.32 Å². The minimum absolute atomic E-state index is 1.04. The second-order valence-corrected chi connectivity index (χ2v) is 2.71. The molecule has 1 nitrogen and oxygen atoms in total. The third-order valence-corrected chi connectivity index (χ3v) is 1.67. The Morgan fingerprint density at radius 2 is 2.00 bits per heavy atom. The molecule has 0 heterocycles. The summed E-state index contributed by atoms with van der Waals surface area (Å²) in [5, 5.41) is 3.10. The Morgan fingerprint density at radius 3 is 2.67 bits per heavy atom. The zero-order valence-corrected chi connectivity index (χ0v) is 7.46. The van der Waals surface area contributed by atoms with E-state index in [1.165, 1.54) is 5.56 Å². The van der Waals surface area contributed by atoms with Crippen molar-refractivity contribution < 1.29 is 0 Å². The maximum Gasteiger partial charge on any atom is -0.00172 e. The molecule has 0 aliphatic rings. The lowest BCUT2D eigenvalue weighted by molar-refractivity contribution is 0.809. The molecule has 0 saturated heterocycles. The SMILES string of the molecule is CNCC/C=C\c1ccccc1. The van der Waals surface area contributed by atoms with Gasteiger partial charge in [0.25, 0.3) is 0 Å². The van der Waals surface area contributed by atoms with Crippen molar-refractivity contribution in [3.8, 4) is 0 Å². The molecule has 0 radical (unpaired) electrons. The van der Waals surface area contributed by atoms with Crippen molar-refractivity contribution in [2.24, 2.45) is 0 Å². The van der Waals surface area contributed by atoms with Gasteiger partial charge in [0.1, 0.15) is 0 Å². The average molecular weight is 161 g/mol. The van der Waals surface area contributed by atoms with Gasteiger partial charge in [-0.1, -0.05) is 42.5 Å². The molecule has 1 N–H and O–H groups in total. The third kappa shape index (κ3) is 3.35. The molecular weight excluding hydrogens is 146 g/mol.